The maximum atomic E-state index is 13.2. The Morgan fingerprint density at radius 3 is 2.00 bits per heavy atom. The molecule has 0 amide bonds. The number of piperidine rings is 1. The van der Waals surface area contributed by atoms with Gasteiger partial charge < -0.3 is 0 Å². The molecule has 5 heterocycles. The van der Waals surface area contributed by atoms with E-state index in [9.17, 15) is 8.78 Å². The van der Waals surface area contributed by atoms with E-state index in [1.54, 1.807) is 24.5 Å². The normalized spacial score (nSPS) is 24.4. The van der Waals surface area contributed by atoms with Crippen LogP contribution in [-0.4, -0.2) is 44.9 Å². The number of aromatic nitrogens is 2. The second-order valence-electron chi connectivity index (χ2n) is 6.43. The third-order valence-electron chi connectivity index (χ3n) is 4.71. The summed E-state index contributed by atoms with van der Waals surface area (Å²) in [6.45, 7) is 3.38. The number of hydrogen-bond donors (Lipinski definition) is 0. The highest BCUT2D eigenvalue weighted by Crippen LogP contribution is 2.34. The third kappa shape index (κ3) is 3.09. The molecule has 120 valence electrons. The van der Waals surface area contributed by atoms with Gasteiger partial charge in [-0.05, 0) is 29.7 Å². The van der Waals surface area contributed by atoms with E-state index < -0.39 is 0 Å². The molecule has 5 rings (SSSR count). The van der Waals surface area contributed by atoms with Crippen molar-refractivity contribution in [2.24, 2.45) is 0 Å². The Kier molecular flexibility index (Phi) is 3.79. The van der Waals surface area contributed by atoms with Gasteiger partial charge in [0.25, 0.3) is 0 Å². The average molecular weight is 316 g/mol. The van der Waals surface area contributed by atoms with Gasteiger partial charge in [-0.3, -0.25) is 19.8 Å². The van der Waals surface area contributed by atoms with E-state index in [0.717, 1.165) is 37.3 Å². The van der Waals surface area contributed by atoms with Crippen molar-refractivity contribution >= 4 is 0 Å². The molecule has 2 bridgehead atoms. The summed E-state index contributed by atoms with van der Waals surface area (Å²) in [6, 6.07) is 4.07. The summed E-state index contributed by atoms with van der Waals surface area (Å²) in [7, 11) is 0. The van der Waals surface area contributed by atoms with Crippen LogP contribution in [0.2, 0.25) is 0 Å². The van der Waals surface area contributed by atoms with E-state index >= 15 is 0 Å². The second kappa shape index (κ2) is 5.94. The van der Waals surface area contributed by atoms with Crippen molar-refractivity contribution < 1.29 is 8.78 Å². The van der Waals surface area contributed by atoms with Crippen molar-refractivity contribution in [1.29, 1.82) is 0 Å². The van der Waals surface area contributed by atoms with Crippen LogP contribution in [0.5, 0.6) is 0 Å². The van der Waals surface area contributed by atoms with Crippen molar-refractivity contribution in [3.05, 3.63) is 59.7 Å². The Labute approximate surface area is 133 Å². The smallest absolute Gasteiger partial charge is 0.141 e. The molecular formula is C17H18F2N4. The molecule has 3 aliphatic heterocycles. The molecule has 0 aromatic carbocycles. The molecule has 2 unspecified atom stereocenters. The molecule has 0 spiro atoms. The Bertz CT molecular complexity index is 696. The van der Waals surface area contributed by atoms with Crippen LogP contribution in [0.1, 0.15) is 17.5 Å². The molecule has 2 aromatic rings. The lowest BCUT2D eigenvalue weighted by molar-refractivity contribution is -0.0775. The summed E-state index contributed by atoms with van der Waals surface area (Å²) >= 11 is 0. The number of hydrogen-bond acceptors (Lipinski definition) is 4. The Morgan fingerprint density at radius 2 is 1.43 bits per heavy atom. The number of fused-ring (bicyclic) bond motifs is 2. The summed E-state index contributed by atoms with van der Waals surface area (Å²) in [5, 5.41) is 0. The SMILES string of the molecule is Fc1cncc(CN2CC3CC(C2)N3Cc2cncc(F)c2)c1. The quantitative estimate of drug-likeness (QED) is 0.866. The fourth-order valence-electron chi connectivity index (χ4n) is 3.72. The highest BCUT2D eigenvalue weighted by molar-refractivity contribution is 5.14. The van der Waals surface area contributed by atoms with Gasteiger partial charge in [-0.15, -0.1) is 0 Å². The molecule has 3 saturated heterocycles. The van der Waals surface area contributed by atoms with E-state index in [-0.39, 0.29) is 11.6 Å². The summed E-state index contributed by atoms with van der Waals surface area (Å²) in [5.41, 5.74) is 1.83. The lowest BCUT2D eigenvalue weighted by Gasteiger charge is -2.56. The summed E-state index contributed by atoms with van der Waals surface area (Å²) in [4.78, 5) is 12.6. The Hall–Kier alpha value is -1.92. The molecule has 0 radical (unpaired) electrons. The Morgan fingerprint density at radius 1 is 0.870 bits per heavy atom. The van der Waals surface area contributed by atoms with E-state index in [1.807, 2.05) is 0 Å². The van der Waals surface area contributed by atoms with Gasteiger partial charge in [0.1, 0.15) is 11.6 Å². The Balaban J connectivity index is 1.37. The van der Waals surface area contributed by atoms with Crippen LogP contribution < -0.4 is 0 Å². The molecule has 0 N–H and O–H groups in total. The largest absolute Gasteiger partial charge is 0.296 e. The zero-order valence-electron chi connectivity index (χ0n) is 12.7. The van der Waals surface area contributed by atoms with Gasteiger partial charge >= 0.3 is 0 Å². The van der Waals surface area contributed by atoms with Gasteiger partial charge in [0.05, 0.1) is 12.4 Å². The number of piperazine rings is 1. The molecule has 23 heavy (non-hydrogen) atoms. The van der Waals surface area contributed by atoms with Crippen LogP contribution >= 0.6 is 0 Å². The topological polar surface area (TPSA) is 32.3 Å². The minimum Gasteiger partial charge on any atom is -0.296 e. The standard InChI is InChI=1S/C17H18F2N4/c18-14-1-12(4-20-6-14)8-22-10-16-3-17(11-22)23(16)9-13-2-15(19)7-21-5-13/h1-2,4-7,16-17H,3,8-11H2. The first-order valence-corrected chi connectivity index (χ1v) is 7.84. The van der Waals surface area contributed by atoms with Crippen LogP contribution in [0.3, 0.4) is 0 Å². The summed E-state index contributed by atoms with van der Waals surface area (Å²) < 4.78 is 26.5. The van der Waals surface area contributed by atoms with Crippen molar-refractivity contribution in [3.8, 4) is 0 Å². The zero-order chi connectivity index (χ0) is 15.8. The van der Waals surface area contributed by atoms with Crippen LogP contribution in [0.25, 0.3) is 0 Å². The van der Waals surface area contributed by atoms with Crippen molar-refractivity contribution in [2.75, 3.05) is 13.1 Å². The first kappa shape index (κ1) is 14.7. The maximum absolute atomic E-state index is 13.2. The monoisotopic (exact) mass is 316 g/mol. The minimum atomic E-state index is -0.287. The summed E-state index contributed by atoms with van der Waals surface area (Å²) in [6.07, 6.45) is 7.09. The number of nitrogens with zero attached hydrogens (tertiary/aromatic N) is 4. The highest BCUT2D eigenvalue weighted by Gasteiger charge is 2.44. The van der Waals surface area contributed by atoms with Crippen LogP contribution in [0.4, 0.5) is 8.78 Å². The van der Waals surface area contributed by atoms with E-state index in [2.05, 4.69) is 19.8 Å². The third-order valence-corrected chi connectivity index (χ3v) is 4.71. The lowest BCUT2D eigenvalue weighted by atomic mass is 9.86. The second-order valence-corrected chi connectivity index (χ2v) is 6.43. The maximum Gasteiger partial charge on any atom is 0.141 e. The molecule has 2 aromatic heterocycles. The van der Waals surface area contributed by atoms with E-state index in [4.69, 9.17) is 0 Å². The molecule has 6 heteroatoms. The van der Waals surface area contributed by atoms with Gasteiger partial charge in [0.15, 0.2) is 0 Å². The van der Waals surface area contributed by atoms with Crippen LogP contribution in [-0.2, 0) is 13.1 Å². The number of rotatable bonds is 4. The highest BCUT2D eigenvalue weighted by atomic mass is 19.1. The first-order chi connectivity index (χ1) is 11.2. The first-order valence-electron chi connectivity index (χ1n) is 7.84. The molecule has 2 atom stereocenters. The van der Waals surface area contributed by atoms with Crippen molar-refractivity contribution in [2.45, 2.75) is 31.6 Å². The fraction of sp³-hybridized carbons (Fsp3) is 0.412. The molecule has 0 saturated carbocycles. The predicted molar refractivity (Wildman–Crippen MR) is 81.4 cm³/mol. The molecule has 4 nitrogen and oxygen atoms in total. The van der Waals surface area contributed by atoms with Gasteiger partial charge in [0.2, 0.25) is 0 Å². The molecular weight excluding hydrogens is 298 g/mol. The fourth-order valence-corrected chi connectivity index (χ4v) is 3.72. The number of pyridine rings is 2. The number of halogens is 2. The minimum absolute atomic E-state index is 0.284. The van der Waals surface area contributed by atoms with Crippen molar-refractivity contribution in [1.82, 2.24) is 19.8 Å². The van der Waals surface area contributed by atoms with Gasteiger partial charge in [-0.25, -0.2) is 8.78 Å². The van der Waals surface area contributed by atoms with Crippen LogP contribution in [0.15, 0.2) is 36.9 Å². The van der Waals surface area contributed by atoms with Crippen LogP contribution in [0, 0.1) is 11.6 Å². The predicted octanol–water partition coefficient (Wildman–Crippen LogP) is 2.21. The van der Waals surface area contributed by atoms with E-state index in [1.165, 1.54) is 18.8 Å². The zero-order valence-corrected chi connectivity index (χ0v) is 12.7. The van der Waals surface area contributed by atoms with Gasteiger partial charge in [-0.2, -0.15) is 0 Å². The summed E-state index contributed by atoms with van der Waals surface area (Å²) in [5.74, 6) is -0.571. The molecule has 3 fully saturated rings. The molecule has 3 aliphatic rings. The lowest BCUT2D eigenvalue weighted by Crippen LogP contribution is -2.67. The molecule has 0 aliphatic carbocycles. The van der Waals surface area contributed by atoms with Gasteiger partial charge in [0, 0.05) is 50.7 Å². The average Bonchev–Trinajstić information content (AvgIpc) is 2.53. The van der Waals surface area contributed by atoms with Crippen molar-refractivity contribution in [3.63, 3.8) is 0 Å². The van der Waals surface area contributed by atoms with E-state index in [0.29, 0.717) is 12.1 Å². The van der Waals surface area contributed by atoms with Gasteiger partial charge in [-0.1, -0.05) is 0 Å².